The van der Waals surface area contributed by atoms with Crippen LogP contribution in [0.4, 0.5) is 5.69 Å². The first-order valence-electron chi connectivity index (χ1n) is 9.33. The van der Waals surface area contributed by atoms with Crippen LogP contribution >= 0.6 is 22.7 Å². The maximum atomic E-state index is 13.0. The first-order valence-corrected chi connectivity index (χ1v) is 11.0. The second kappa shape index (κ2) is 7.47. The molecule has 5 rings (SSSR count). The molecule has 0 radical (unpaired) electrons. The number of anilines is 1. The van der Waals surface area contributed by atoms with Gasteiger partial charge in [-0.1, -0.05) is 34.8 Å². The Bertz CT molecular complexity index is 1330. The minimum atomic E-state index is -0.158. The number of aromatic nitrogens is 4. The molecular formula is C22H17N5OS2. The van der Waals surface area contributed by atoms with Gasteiger partial charge in [-0.05, 0) is 49.7 Å². The molecule has 8 heteroatoms. The first kappa shape index (κ1) is 18.7. The fourth-order valence-corrected chi connectivity index (χ4v) is 4.96. The molecule has 148 valence electrons. The van der Waals surface area contributed by atoms with E-state index in [9.17, 15) is 4.79 Å². The number of benzene rings is 1. The molecule has 5 aromatic rings. The van der Waals surface area contributed by atoms with E-state index in [0.717, 1.165) is 37.3 Å². The number of aryl methyl sites for hydroxylation is 2. The zero-order valence-corrected chi connectivity index (χ0v) is 17.9. The van der Waals surface area contributed by atoms with Gasteiger partial charge in [0.25, 0.3) is 5.91 Å². The van der Waals surface area contributed by atoms with E-state index in [1.807, 2.05) is 73.3 Å². The highest BCUT2D eigenvalue weighted by Crippen LogP contribution is 2.32. The lowest BCUT2D eigenvalue weighted by molar-refractivity contribution is 0.102. The van der Waals surface area contributed by atoms with Gasteiger partial charge in [0.15, 0.2) is 5.13 Å². The summed E-state index contributed by atoms with van der Waals surface area (Å²) in [6.07, 6.45) is 5.60. The SMILES string of the molecule is Cc1ccc(-c2nc3cccnc3s2)cc1NC(=O)c1sc(-n2cccc2)nc1C. The quantitative estimate of drug-likeness (QED) is 0.409. The van der Waals surface area contributed by atoms with Gasteiger partial charge in [-0.15, -0.1) is 0 Å². The van der Waals surface area contributed by atoms with Crippen LogP contribution in [0.25, 0.3) is 26.0 Å². The van der Waals surface area contributed by atoms with Gasteiger partial charge in [0, 0.05) is 29.8 Å². The molecule has 0 saturated carbocycles. The summed E-state index contributed by atoms with van der Waals surface area (Å²) in [5.74, 6) is -0.158. The Hall–Kier alpha value is -3.36. The minimum Gasteiger partial charge on any atom is -0.321 e. The Labute approximate surface area is 180 Å². The first-order chi connectivity index (χ1) is 14.6. The summed E-state index contributed by atoms with van der Waals surface area (Å²) < 4.78 is 1.90. The number of carbonyl (C=O) groups excluding carboxylic acids is 1. The summed E-state index contributed by atoms with van der Waals surface area (Å²) in [6, 6.07) is 13.7. The molecule has 0 aliphatic heterocycles. The molecule has 0 unspecified atom stereocenters. The molecule has 30 heavy (non-hydrogen) atoms. The highest BCUT2D eigenvalue weighted by molar-refractivity contribution is 7.21. The van der Waals surface area contributed by atoms with Crippen LogP contribution in [0.3, 0.4) is 0 Å². The highest BCUT2D eigenvalue weighted by Gasteiger charge is 2.17. The predicted molar refractivity (Wildman–Crippen MR) is 122 cm³/mol. The summed E-state index contributed by atoms with van der Waals surface area (Å²) in [7, 11) is 0. The van der Waals surface area contributed by atoms with Gasteiger partial charge >= 0.3 is 0 Å². The van der Waals surface area contributed by atoms with E-state index in [2.05, 4.69) is 20.3 Å². The lowest BCUT2D eigenvalue weighted by Crippen LogP contribution is -2.12. The van der Waals surface area contributed by atoms with E-state index in [4.69, 9.17) is 0 Å². The van der Waals surface area contributed by atoms with Gasteiger partial charge in [0.2, 0.25) is 0 Å². The Morgan fingerprint density at radius 1 is 1.03 bits per heavy atom. The molecule has 6 nitrogen and oxygen atoms in total. The van der Waals surface area contributed by atoms with Crippen molar-refractivity contribution >= 4 is 44.6 Å². The summed E-state index contributed by atoms with van der Waals surface area (Å²) >= 11 is 2.91. The number of nitrogens with one attached hydrogen (secondary N) is 1. The number of carbonyl (C=O) groups is 1. The summed E-state index contributed by atoms with van der Waals surface area (Å²) in [5.41, 5.74) is 4.29. The van der Waals surface area contributed by atoms with Crippen molar-refractivity contribution in [1.29, 1.82) is 0 Å². The third-order valence-corrected chi connectivity index (χ3v) is 6.91. The largest absolute Gasteiger partial charge is 0.321 e. The minimum absolute atomic E-state index is 0.158. The number of thiazole rings is 2. The molecule has 1 N–H and O–H groups in total. The average molecular weight is 432 g/mol. The van der Waals surface area contributed by atoms with Crippen molar-refractivity contribution < 1.29 is 4.79 Å². The maximum absolute atomic E-state index is 13.0. The lowest BCUT2D eigenvalue weighted by atomic mass is 10.1. The van der Waals surface area contributed by atoms with Crippen molar-refractivity contribution in [3.8, 4) is 15.7 Å². The molecule has 1 aromatic carbocycles. The average Bonchev–Trinajstić information content (AvgIpc) is 3.48. The number of rotatable bonds is 4. The van der Waals surface area contributed by atoms with Gasteiger partial charge in [0.1, 0.15) is 20.2 Å². The molecule has 4 aromatic heterocycles. The smallest absolute Gasteiger partial charge is 0.267 e. The van der Waals surface area contributed by atoms with Crippen LogP contribution in [-0.2, 0) is 0 Å². The number of fused-ring (bicyclic) bond motifs is 1. The van der Waals surface area contributed by atoms with Crippen molar-refractivity contribution in [3.05, 3.63) is 77.2 Å². The van der Waals surface area contributed by atoms with Crippen LogP contribution in [0.15, 0.2) is 61.1 Å². The van der Waals surface area contributed by atoms with Crippen LogP contribution in [-0.4, -0.2) is 25.4 Å². The van der Waals surface area contributed by atoms with E-state index >= 15 is 0 Å². The molecular weight excluding hydrogens is 414 g/mol. The van der Waals surface area contributed by atoms with Gasteiger partial charge < -0.3 is 9.88 Å². The number of pyridine rings is 1. The molecule has 0 aliphatic carbocycles. The van der Waals surface area contributed by atoms with Crippen LogP contribution in [0.5, 0.6) is 0 Å². The zero-order chi connectivity index (χ0) is 20.7. The van der Waals surface area contributed by atoms with Gasteiger partial charge in [-0.3, -0.25) is 4.79 Å². The van der Waals surface area contributed by atoms with Crippen molar-refractivity contribution in [2.75, 3.05) is 5.32 Å². The summed E-state index contributed by atoms with van der Waals surface area (Å²) in [4.78, 5) is 28.1. The van der Waals surface area contributed by atoms with Gasteiger partial charge in [-0.25, -0.2) is 15.0 Å². The Balaban J connectivity index is 1.45. The fourth-order valence-electron chi connectivity index (χ4n) is 3.13. The number of nitrogens with zero attached hydrogens (tertiary/aromatic N) is 4. The number of hydrogen-bond acceptors (Lipinski definition) is 6. The van der Waals surface area contributed by atoms with Crippen molar-refractivity contribution in [2.24, 2.45) is 0 Å². The van der Waals surface area contributed by atoms with E-state index in [0.29, 0.717) is 10.6 Å². The van der Waals surface area contributed by atoms with E-state index in [1.165, 1.54) is 22.7 Å². The molecule has 0 atom stereocenters. The normalized spacial score (nSPS) is 11.1. The van der Waals surface area contributed by atoms with Crippen molar-refractivity contribution in [1.82, 2.24) is 19.5 Å². The van der Waals surface area contributed by atoms with Gasteiger partial charge in [-0.2, -0.15) is 0 Å². The Morgan fingerprint density at radius 3 is 2.67 bits per heavy atom. The molecule has 4 heterocycles. The summed E-state index contributed by atoms with van der Waals surface area (Å²) in [6.45, 7) is 3.83. The second-order valence-electron chi connectivity index (χ2n) is 6.83. The molecule has 0 spiro atoms. The van der Waals surface area contributed by atoms with Crippen LogP contribution < -0.4 is 5.32 Å². The van der Waals surface area contributed by atoms with Crippen LogP contribution in [0.2, 0.25) is 0 Å². The summed E-state index contributed by atoms with van der Waals surface area (Å²) in [5, 5.41) is 4.70. The third-order valence-electron chi connectivity index (χ3n) is 4.72. The van der Waals surface area contributed by atoms with Gasteiger partial charge in [0.05, 0.1) is 5.69 Å². The monoisotopic (exact) mass is 431 g/mol. The van der Waals surface area contributed by atoms with E-state index in [-0.39, 0.29) is 5.91 Å². The van der Waals surface area contributed by atoms with Crippen molar-refractivity contribution in [2.45, 2.75) is 13.8 Å². The number of amides is 1. The fraction of sp³-hybridized carbons (Fsp3) is 0.0909. The Kier molecular flexibility index (Phi) is 4.65. The predicted octanol–water partition coefficient (Wildman–Crippen LogP) is 5.47. The number of hydrogen-bond donors (Lipinski definition) is 1. The topological polar surface area (TPSA) is 72.7 Å². The standard InChI is InChI=1S/C22H17N5OS2/c1-13-7-8-15(20-26-16-6-5-9-23-21(16)30-20)12-17(13)25-19(28)18-14(2)24-22(29-18)27-10-3-4-11-27/h3-12H,1-2H3,(H,25,28). The zero-order valence-electron chi connectivity index (χ0n) is 16.3. The lowest BCUT2D eigenvalue weighted by Gasteiger charge is -2.09. The molecule has 0 fully saturated rings. The van der Waals surface area contributed by atoms with Crippen LogP contribution in [0, 0.1) is 13.8 Å². The van der Waals surface area contributed by atoms with Crippen molar-refractivity contribution in [3.63, 3.8) is 0 Å². The van der Waals surface area contributed by atoms with E-state index < -0.39 is 0 Å². The second-order valence-corrected chi connectivity index (χ2v) is 8.79. The highest BCUT2D eigenvalue weighted by atomic mass is 32.1. The Morgan fingerprint density at radius 2 is 1.87 bits per heavy atom. The van der Waals surface area contributed by atoms with Crippen LogP contribution in [0.1, 0.15) is 20.9 Å². The molecule has 0 saturated heterocycles. The van der Waals surface area contributed by atoms with E-state index in [1.54, 1.807) is 6.20 Å². The third kappa shape index (κ3) is 3.40. The molecule has 0 bridgehead atoms. The maximum Gasteiger partial charge on any atom is 0.267 e. The molecule has 1 amide bonds. The molecule has 0 aliphatic rings.